The molecule has 3 aromatic heterocycles. The van der Waals surface area contributed by atoms with Crippen LogP contribution in [0, 0.1) is 0 Å². The molecule has 0 atom stereocenters. The average molecular weight is 238 g/mol. The summed E-state index contributed by atoms with van der Waals surface area (Å²) in [6, 6.07) is 3.79. The number of pyridine rings is 1. The predicted molar refractivity (Wildman–Crippen MR) is 67.3 cm³/mol. The van der Waals surface area contributed by atoms with Gasteiger partial charge in [-0.15, -0.1) is 0 Å². The maximum Gasteiger partial charge on any atom is 0.153 e. The highest BCUT2D eigenvalue weighted by molar-refractivity contribution is 5.86. The smallest absolute Gasteiger partial charge is 0.153 e. The number of anilines is 1. The normalized spacial score (nSPS) is 10.4. The Kier molecular flexibility index (Phi) is 2.45. The van der Waals surface area contributed by atoms with E-state index < -0.39 is 0 Å². The SMILES string of the molecule is Nc1n[nH]c(-c2cncnc2)c1-c1cccnc1. The van der Waals surface area contributed by atoms with Gasteiger partial charge in [-0.3, -0.25) is 10.1 Å². The number of aromatic nitrogens is 5. The molecule has 3 heterocycles. The highest BCUT2D eigenvalue weighted by Gasteiger charge is 2.14. The third kappa shape index (κ3) is 1.69. The van der Waals surface area contributed by atoms with Crippen LogP contribution in [0.2, 0.25) is 0 Å². The number of rotatable bonds is 2. The number of nitrogens with two attached hydrogens (primary N) is 1. The zero-order valence-electron chi connectivity index (χ0n) is 9.41. The number of hydrogen-bond acceptors (Lipinski definition) is 5. The monoisotopic (exact) mass is 238 g/mol. The van der Waals surface area contributed by atoms with Crippen LogP contribution in [0.15, 0.2) is 43.2 Å². The summed E-state index contributed by atoms with van der Waals surface area (Å²) in [6.45, 7) is 0. The van der Waals surface area contributed by atoms with Gasteiger partial charge in [0.05, 0.1) is 11.3 Å². The van der Waals surface area contributed by atoms with Gasteiger partial charge in [0, 0.05) is 35.9 Å². The van der Waals surface area contributed by atoms with E-state index in [0.717, 1.165) is 22.4 Å². The summed E-state index contributed by atoms with van der Waals surface area (Å²) in [4.78, 5) is 12.1. The lowest BCUT2D eigenvalue weighted by atomic mass is 10.0. The van der Waals surface area contributed by atoms with Gasteiger partial charge in [-0.2, -0.15) is 5.10 Å². The molecule has 3 N–H and O–H groups in total. The first-order valence-electron chi connectivity index (χ1n) is 5.36. The van der Waals surface area contributed by atoms with E-state index in [1.54, 1.807) is 24.8 Å². The van der Waals surface area contributed by atoms with E-state index >= 15 is 0 Å². The van der Waals surface area contributed by atoms with Crippen molar-refractivity contribution in [3.8, 4) is 22.4 Å². The molecule has 18 heavy (non-hydrogen) atoms. The van der Waals surface area contributed by atoms with Crippen LogP contribution in [0.5, 0.6) is 0 Å². The Balaban J connectivity index is 2.19. The van der Waals surface area contributed by atoms with Gasteiger partial charge >= 0.3 is 0 Å². The van der Waals surface area contributed by atoms with Gasteiger partial charge in [-0.05, 0) is 6.07 Å². The van der Waals surface area contributed by atoms with E-state index in [4.69, 9.17) is 5.73 Å². The standard InChI is InChI=1S/C12H10N6/c13-12-10(8-2-1-3-14-4-8)11(17-18-12)9-5-15-7-16-6-9/h1-7H,(H3,13,17,18). The van der Waals surface area contributed by atoms with Crippen LogP contribution in [0.4, 0.5) is 5.82 Å². The minimum atomic E-state index is 0.432. The Morgan fingerprint density at radius 2 is 1.78 bits per heavy atom. The van der Waals surface area contributed by atoms with Gasteiger partial charge in [-0.1, -0.05) is 6.07 Å². The van der Waals surface area contributed by atoms with Gasteiger partial charge in [-0.25, -0.2) is 9.97 Å². The molecular formula is C12H10N6. The molecule has 0 aromatic carbocycles. The molecule has 0 radical (unpaired) electrons. The molecule has 0 saturated heterocycles. The quantitative estimate of drug-likeness (QED) is 0.705. The Hall–Kier alpha value is -2.76. The van der Waals surface area contributed by atoms with Crippen LogP contribution < -0.4 is 5.73 Å². The van der Waals surface area contributed by atoms with Crippen molar-refractivity contribution in [3.63, 3.8) is 0 Å². The van der Waals surface area contributed by atoms with Crippen LogP contribution in [-0.4, -0.2) is 25.1 Å². The highest BCUT2D eigenvalue weighted by atomic mass is 15.2. The fourth-order valence-electron chi connectivity index (χ4n) is 1.80. The van der Waals surface area contributed by atoms with E-state index in [1.807, 2.05) is 12.1 Å². The summed E-state index contributed by atoms with van der Waals surface area (Å²) in [7, 11) is 0. The molecule has 6 heteroatoms. The van der Waals surface area contributed by atoms with Crippen molar-refractivity contribution in [1.82, 2.24) is 25.1 Å². The Bertz CT molecular complexity index is 647. The van der Waals surface area contributed by atoms with Crippen molar-refractivity contribution in [2.24, 2.45) is 0 Å². The van der Waals surface area contributed by atoms with Gasteiger partial charge < -0.3 is 5.73 Å². The number of H-pyrrole nitrogens is 1. The molecule has 0 bridgehead atoms. The molecule has 0 aliphatic rings. The molecule has 0 saturated carbocycles. The van der Waals surface area contributed by atoms with Gasteiger partial charge in [0.2, 0.25) is 0 Å². The summed E-state index contributed by atoms with van der Waals surface area (Å²) in [6.07, 6.45) is 8.35. The minimum Gasteiger partial charge on any atom is -0.382 e. The third-order valence-corrected chi connectivity index (χ3v) is 2.59. The molecule has 6 nitrogen and oxygen atoms in total. The molecule has 0 spiro atoms. The van der Waals surface area contributed by atoms with Crippen LogP contribution >= 0.6 is 0 Å². The predicted octanol–water partition coefficient (Wildman–Crippen LogP) is 1.51. The maximum absolute atomic E-state index is 5.90. The van der Waals surface area contributed by atoms with Crippen LogP contribution in [0.3, 0.4) is 0 Å². The molecular weight excluding hydrogens is 228 g/mol. The summed E-state index contributed by atoms with van der Waals surface area (Å²) in [5, 5.41) is 6.94. The van der Waals surface area contributed by atoms with Crippen LogP contribution in [0.1, 0.15) is 0 Å². The second kappa shape index (κ2) is 4.25. The maximum atomic E-state index is 5.90. The molecule has 0 unspecified atom stereocenters. The second-order valence-corrected chi connectivity index (χ2v) is 3.73. The lowest BCUT2D eigenvalue weighted by molar-refractivity contribution is 1.09. The lowest BCUT2D eigenvalue weighted by Crippen LogP contribution is -1.89. The molecule has 0 amide bonds. The molecule has 3 aromatic rings. The Morgan fingerprint density at radius 1 is 1.00 bits per heavy atom. The van der Waals surface area contributed by atoms with Crippen molar-refractivity contribution in [1.29, 1.82) is 0 Å². The zero-order valence-corrected chi connectivity index (χ0v) is 9.41. The van der Waals surface area contributed by atoms with Crippen LogP contribution in [-0.2, 0) is 0 Å². The van der Waals surface area contributed by atoms with E-state index in [1.165, 1.54) is 6.33 Å². The van der Waals surface area contributed by atoms with Gasteiger partial charge in [0.25, 0.3) is 0 Å². The molecule has 3 rings (SSSR count). The summed E-state index contributed by atoms with van der Waals surface area (Å²) in [5.74, 6) is 0.432. The zero-order chi connectivity index (χ0) is 12.4. The Morgan fingerprint density at radius 3 is 2.50 bits per heavy atom. The summed E-state index contributed by atoms with van der Waals surface area (Å²) < 4.78 is 0. The minimum absolute atomic E-state index is 0.432. The second-order valence-electron chi connectivity index (χ2n) is 3.73. The van der Waals surface area contributed by atoms with Crippen molar-refractivity contribution >= 4 is 5.82 Å². The molecule has 0 aliphatic carbocycles. The van der Waals surface area contributed by atoms with E-state index in [9.17, 15) is 0 Å². The first-order valence-corrected chi connectivity index (χ1v) is 5.36. The summed E-state index contributed by atoms with van der Waals surface area (Å²) >= 11 is 0. The van der Waals surface area contributed by atoms with Crippen molar-refractivity contribution < 1.29 is 0 Å². The van der Waals surface area contributed by atoms with E-state index in [2.05, 4.69) is 25.1 Å². The number of nitrogens with one attached hydrogen (secondary N) is 1. The molecule has 0 fully saturated rings. The summed E-state index contributed by atoms with van der Waals surface area (Å²) in [5.41, 5.74) is 9.25. The largest absolute Gasteiger partial charge is 0.382 e. The Labute approximate surface area is 103 Å². The van der Waals surface area contributed by atoms with Crippen molar-refractivity contribution in [2.45, 2.75) is 0 Å². The van der Waals surface area contributed by atoms with Crippen molar-refractivity contribution in [3.05, 3.63) is 43.2 Å². The average Bonchev–Trinajstić information content (AvgIpc) is 2.83. The number of hydrogen-bond donors (Lipinski definition) is 2. The molecule has 88 valence electrons. The fraction of sp³-hybridized carbons (Fsp3) is 0. The fourth-order valence-corrected chi connectivity index (χ4v) is 1.80. The molecule has 0 aliphatic heterocycles. The first-order chi connectivity index (χ1) is 8.86. The first kappa shape index (κ1) is 10.4. The van der Waals surface area contributed by atoms with Gasteiger partial charge in [0.1, 0.15) is 6.33 Å². The highest BCUT2D eigenvalue weighted by Crippen LogP contribution is 2.33. The number of aromatic amines is 1. The van der Waals surface area contributed by atoms with Crippen LogP contribution in [0.25, 0.3) is 22.4 Å². The number of nitrogens with zero attached hydrogens (tertiary/aromatic N) is 4. The van der Waals surface area contributed by atoms with Gasteiger partial charge in [0.15, 0.2) is 5.82 Å². The van der Waals surface area contributed by atoms with E-state index in [-0.39, 0.29) is 0 Å². The topological polar surface area (TPSA) is 93.4 Å². The third-order valence-electron chi connectivity index (χ3n) is 2.59. The lowest BCUT2D eigenvalue weighted by Gasteiger charge is -2.03. The van der Waals surface area contributed by atoms with E-state index in [0.29, 0.717) is 5.82 Å². The van der Waals surface area contributed by atoms with Crippen molar-refractivity contribution in [2.75, 3.05) is 5.73 Å². The number of nitrogen functional groups attached to an aromatic ring is 1.